The Balaban J connectivity index is 2.67. The zero-order valence-electron chi connectivity index (χ0n) is 10.2. The van der Waals surface area contributed by atoms with E-state index in [9.17, 15) is 0 Å². The molecule has 0 aromatic heterocycles. The van der Waals surface area contributed by atoms with E-state index in [-0.39, 0.29) is 0 Å². The topological polar surface area (TPSA) is 30.5 Å². The maximum Gasteiger partial charge on any atom is 0.124 e. The van der Waals surface area contributed by atoms with Crippen molar-refractivity contribution >= 4 is 5.69 Å². The number of anilines is 1. The first-order valence-corrected chi connectivity index (χ1v) is 5.27. The Labute approximate surface area is 97.1 Å². The van der Waals surface area contributed by atoms with Crippen LogP contribution in [0.5, 0.6) is 11.5 Å². The van der Waals surface area contributed by atoms with Gasteiger partial charge in [-0.15, -0.1) is 6.58 Å². The van der Waals surface area contributed by atoms with E-state index in [1.165, 1.54) is 5.57 Å². The van der Waals surface area contributed by atoms with Gasteiger partial charge >= 0.3 is 0 Å². The fourth-order valence-electron chi connectivity index (χ4n) is 1.33. The third-order valence-corrected chi connectivity index (χ3v) is 2.23. The minimum Gasteiger partial charge on any atom is -0.497 e. The second-order valence-electron chi connectivity index (χ2n) is 3.74. The minimum atomic E-state index is 0.789. The molecule has 0 aliphatic heterocycles. The van der Waals surface area contributed by atoms with Crippen molar-refractivity contribution in [2.75, 3.05) is 26.1 Å². The van der Waals surface area contributed by atoms with Crippen LogP contribution in [-0.2, 0) is 0 Å². The molecule has 0 bridgehead atoms. The molecule has 0 heterocycles. The van der Waals surface area contributed by atoms with Crippen molar-refractivity contribution in [1.82, 2.24) is 0 Å². The minimum absolute atomic E-state index is 0.789. The molecule has 0 aliphatic rings. The molecule has 0 fully saturated rings. The van der Waals surface area contributed by atoms with Crippen LogP contribution in [0.3, 0.4) is 0 Å². The quantitative estimate of drug-likeness (QED) is 0.749. The maximum absolute atomic E-state index is 5.19. The average molecular weight is 221 g/mol. The molecule has 3 heteroatoms. The molecule has 0 atom stereocenters. The summed E-state index contributed by atoms with van der Waals surface area (Å²) in [6.45, 7) is 6.75. The molecule has 1 rings (SSSR count). The summed E-state index contributed by atoms with van der Waals surface area (Å²) >= 11 is 0. The predicted molar refractivity (Wildman–Crippen MR) is 67.5 cm³/mol. The highest BCUT2D eigenvalue weighted by molar-refractivity contribution is 5.53. The second kappa shape index (κ2) is 6.05. The largest absolute Gasteiger partial charge is 0.497 e. The van der Waals surface area contributed by atoms with Crippen molar-refractivity contribution in [3.05, 3.63) is 30.4 Å². The molecular weight excluding hydrogens is 202 g/mol. The molecule has 0 saturated carbocycles. The number of methoxy groups -OCH3 is 2. The van der Waals surface area contributed by atoms with Gasteiger partial charge in [0.15, 0.2) is 0 Å². The number of ether oxygens (including phenoxy) is 2. The molecule has 0 radical (unpaired) electrons. The Morgan fingerprint density at radius 1 is 1.19 bits per heavy atom. The summed E-state index contributed by atoms with van der Waals surface area (Å²) in [6.07, 6.45) is 0.958. The van der Waals surface area contributed by atoms with E-state index in [4.69, 9.17) is 9.47 Å². The molecule has 0 amide bonds. The maximum atomic E-state index is 5.19. The van der Waals surface area contributed by atoms with E-state index in [1.54, 1.807) is 14.2 Å². The SMILES string of the molecule is C=C(C)CCNc1cc(OC)cc(OC)c1. The predicted octanol–water partition coefficient (Wildman–Crippen LogP) is 3.08. The smallest absolute Gasteiger partial charge is 0.124 e. The van der Waals surface area contributed by atoms with E-state index < -0.39 is 0 Å². The van der Waals surface area contributed by atoms with E-state index >= 15 is 0 Å². The van der Waals surface area contributed by atoms with Crippen LogP contribution in [-0.4, -0.2) is 20.8 Å². The van der Waals surface area contributed by atoms with Gasteiger partial charge in [0.05, 0.1) is 14.2 Å². The van der Waals surface area contributed by atoms with Crippen molar-refractivity contribution in [3.8, 4) is 11.5 Å². The number of nitrogens with one attached hydrogen (secondary N) is 1. The van der Waals surface area contributed by atoms with Gasteiger partial charge in [-0.1, -0.05) is 5.57 Å². The van der Waals surface area contributed by atoms with Crippen LogP contribution in [0.4, 0.5) is 5.69 Å². The van der Waals surface area contributed by atoms with Crippen LogP contribution < -0.4 is 14.8 Å². The number of hydrogen-bond acceptors (Lipinski definition) is 3. The van der Waals surface area contributed by atoms with Gasteiger partial charge in [0.2, 0.25) is 0 Å². The Hall–Kier alpha value is -1.64. The Morgan fingerprint density at radius 3 is 2.19 bits per heavy atom. The summed E-state index contributed by atoms with van der Waals surface area (Å²) in [6, 6.07) is 5.74. The molecular formula is C13H19NO2. The zero-order valence-corrected chi connectivity index (χ0v) is 10.2. The molecule has 0 saturated heterocycles. The van der Waals surface area contributed by atoms with Gasteiger partial charge < -0.3 is 14.8 Å². The van der Waals surface area contributed by atoms with Crippen LogP contribution in [0.15, 0.2) is 30.4 Å². The second-order valence-corrected chi connectivity index (χ2v) is 3.74. The van der Waals surface area contributed by atoms with Gasteiger partial charge in [-0.2, -0.15) is 0 Å². The normalized spacial score (nSPS) is 9.69. The Kier molecular flexibility index (Phi) is 4.70. The van der Waals surface area contributed by atoms with Gasteiger partial charge in [0, 0.05) is 30.4 Å². The van der Waals surface area contributed by atoms with E-state index in [0.29, 0.717) is 0 Å². The lowest BCUT2D eigenvalue weighted by molar-refractivity contribution is 0.394. The molecule has 0 aliphatic carbocycles. The first kappa shape index (κ1) is 12.4. The fraction of sp³-hybridized carbons (Fsp3) is 0.385. The summed E-state index contributed by atoms with van der Waals surface area (Å²) in [5.74, 6) is 1.58. The highest BCUT2D eigenvalue weighted by Crippen LogP contribution is 2.25. The summed E-state index contributed by atoms with van der Waals surface area (Å²) in [5, 5.41) is 3.30. The van der Waals surface area contributed by atoms with Crippen molar-refractivity contribution < 1.29 is 9.47 Å². The summed E-state index contributed by atoms with van der Waals surface area (Å²) < 4.78 is 10.4. The van der Waals surface area contributed by atoms with E-state index in [1.807, 2.05) is 25.1 Å². The highest BCUT2D eigenvalue weighted by Gasteiger charge is 2.00. The van der Waals surface area contributed by atoms with Gasteiger partial charge in [0.1, 0.15) is 11.5 Å². The average Bonchev–Trinajstić information content (AvgIpc) is 2.28. The first-order valence-electron chi connectivity index (χ1n) is 5.27. The summed E-state index contributed by atoms with van der Waals surface area (Å²) in [5.41, 5.74) is 2.17. The van der Waals surface area contributed by atoms with Crippen molar-refractivity contribution in [3.63, 3.8) is 0 Å². The van der Waals surface area contributed by atoms with E-state index in [2.05, 4.69) is 11.9 Å². The molecule has 0 spiro atoms. The van der Waals surface area contributed by atoms with Gasteiger partial charge in [-0.3, -0.25) is 0 Å². The number of rotatable bonds is 6. The molecule has 0 unspecified atom stereocenters. The monoisotopic (exact) mass is 221 g/mol. The zero-order chi connectivity index (χ0) is 12.0. The molecule has 1 N–H and O–H groups in total. The van der Waals surface area contributed by atoms with Gasteiger partial charge in [-0.25, -0.2) is 0 Å². The standard InChI is InChI=1S/C13H19NO2/c1-10(2)5-6-14-11-7-12(15-3)9-13(8-11)16-4/h7-9,14H,1,5-6H2,2-4H3. The number of hydrogen-bond donors (Lipinski definition) is 1. The molecule has 1 aromatic carbocycles. The Bertz CT molecular complexity index is 339. The molecule has 16 heavy (non-hydrogen) atoms. The fourth-order valence-corrected chi connectivity index (χ4v) is 1.33. The van der Waals surface area contributed by atoms with Crippen LogP contribution in [0.25, 0.3) is 0 Å². The van der Waals surface area contributed by atoms with Gasteiger partial charge in [-0.05, 0) is 13.3 Å². The summed E-state index contributed by atoms with van der Waals surface area (Å²) in [4.78, 5) is 0. The molecule has 3 nitrogen and oxygen atoms in total. The van der Waals surface area contributed by atoms with Crippen LogP contribution in [0.2, 0.25) is 0 Å². The van der Waals surface area contributed by atoms with E-state index in [0.717, 1.165) is 30.2 Å². The Morgan fingerprint density at radius 2 is 1.75 bits per heavy atom. The molecule has 1 aromatic rings. The van der Waals surface area contributed by atoms with Crippen LogP contribution in [0, 0.1) is 0 Å². The van der Waals surface area contributed by atoms with Crippen LogP contribution in [0.1, 0.15) is 13.3 Å². The first-order chi connectivity index (χ1) is 7.65. The third-order valence-electron chi connectivity index (χ3n) is 2.23. The lowest BCUT2D eigenvalue weighted by atomic mass is 10.2. The lowest BCUT2D eigenvalue weighted by Crippen LogP contribution is -2.02. The van der Waals surface area contributed by atoms with Crippen molar-refractivity contribution in [2.45, 2.75) is 13.3 Å². The van der Waals surface area contributed by atoms with Crippen molar-refractivity contribution in [2.24, 2.45) is 0 Å². The summed E-state index contributed by atoms with van der Waals surface area (Å²) in [7, 11) is 3.29. The highest BCUT2D eigenvalue weighted by atomic mass is 16.5. The van der Waals surface area contributed by atoms with Crippen LogP contribution >= 0.6 is 0 Å². The van der Waals surface area contributed by atoms with Crippen molar-refractivity contribution in [1.29, 1.82) is 0 Å². The third kappa shape index (κ3) is 3.85. The van der Waals surface area contributed by atoms with Gasteiger partial charge in [0.25, 0.3) is 0 Å². The molecule has 88 valence electrons. The number of benzene rings is 1. The lowest BCUT2D eigenvalue weighted by Gasteiger charge is -2.10.